The van der Waals surface area contributed by atoms with Crippen LogP contribution in [0.3, 0.4) is 0 Å². The summed E-state index contributed by atoms with van der Waals surface area (Å²) in [4.78, 5) is 5.05. The number of halogens is 2. The van der Waals surface area contributed by atoms with E-state index in [-0.39, 0.29) is 5.76 Å². The maximum absolute atomic E-state index is 10.7. The van der Waals surface area contributed by atoms with Crippen molar-refractivity contribution >= 4 is 63.3 Å². The topological polar surface area (TPSA) is 36.4 Å². The van der Waals surface area contributed by atoms with E-state index in [0.717, 1.165) is 34.0 Å². The van der Waals surface area contributed by atoms with Crippen molar-refractivity contribution in [2.75, 3.05) is 17.1 Å². The summed E-state index contributed by atoms with van der Waals surface area (Å²) in [5, 5.41) is 11.8. The second-order valence-corrected chi connectivity index (χ2v) is 7.69. The number of aliphatic hydroxyl groups is 1. The van der Waals surface area contributed by atoms with Gasteiger partial charge in [-0.25, -0.2) is 0 Å². The summed E-state index contributed by atoms with van der Waals surface area (Å²) >= 11 is 16.2. The Morgan fingerprint density at radius 2 is 2.12 bits per heavy atom. The zero-order valence-electron chi connectivity index (χ0n) is 13.2. The lowest BCUT2D eigenvalue weighted by atomic mass is 10.1. The van der Waals surface area contributed by atoms with Crippen molar-refractivity contribution in [1.82, 2.24) is 4.98 Å². The normalized spacial score (nSPS) is 13.8. The molecule has 0 spiro atoms. The Labute approximate surface area is 160 Å². The van der Waals surface area contributed by atoms with E-state index in [1.165, 1.54) is 0 Å². The van der Waals surface area contributed by atoms with Crippen molar-refractivity contribution in [1.29, 1.82) is 0 Å². The highest BCUT2D eigenvalue weighted by atomic mass is 35.5. The molecule has 0 amide bonds. The summed E-state index contributed by atoms with van der Waals surface area (Å²) in [5.74, 6) is 0.917. The van der Waals surface area contributed by atoms with E-state index in [0.29, 0.717) is 15.7 Å². The Bertz CT molecular complexity index is 807. The Morgan fingerprint density at radius 3 is 2.83 bits per heavy atom. The second kappa shape index (κ2) is 7.48. The smallest absolute Gasteiger partial charge is 0.155 e. The third-order valence-corrected chi connectivity index (χ3v) is 6.50. The second-order valence-electron chi connectivity index (χ2n) is 5.11. The monoisotopic (exact) mass is 398 g/mol. The molecule has 0 saturated heterocycles. The zero-order valence-corrected chi connectivity index (χ0v) is 16.4. The number of pyridine rings is 1. The molecular weight excluding hydrogens is 383 g/mol. The van der Waals surface area contributed by atoms with E-state index in [2.05, 4.69) is 4.98 Å². The first-order valence-corrected chi connectivity index (χ1v) is 10.3. The van der Waals surface area contributed by atoms with Gasteiger partial charge in [0.1, 0.15) is 5.69 Å². The van der Waals surface area contributed by atoms with Crippen molar-refractivity contribution in [3.05, 3.63) is 57.3 Å². The molecule has 1 aromatic heterocycles. The summed E-state index contributed by atoms with van der Waals surface area (Å²) in [6.07, 6.45) is 3.67. The third-order valence-electron chi connectivity index (χ3n) is 3.77. The predicted molar refractivity (Wildman–Crippen MR) is 108 cm³/mol. The van der Waals surface area contributed by atoms with Crippen LogP contribution in [0.25, 0.3) is 10.7 Å². The Morgan fingerprint density at radius 1 is 1.33 bits per heavy atom. The van der Waals surface area contributed by atoms with E-state index in [1.54, 1.807) is 29.9 Å². The minimum Gasteiger partial charge on any atom is -0.505 e. The van der Waals surface area contributed by atoms with Gasteiger partial charge in [0.25, 0.3) is 0 Å². The molecule has 0 saturated carbocycles. The van der Waals surface area contributed by atoms with Crippen molar-refractivity contribution < 1.29 is 5.11 Å². The lowest BCUT2D eigenvalue weighted by Gasteiger charge is -2.25. The molecule has 1 aliphatic heterocycles. The molecule has 0 atom stereocenters. The van der Waals surface area contributed by atoms with Gasteiger partial charge < -0.3 is 9.41 Å². The molecule has 24 heavy (non-hydrogen) atoms. The first-order chi connectivity index (χ1) is 11.6. The minimum atomic E-state index is 0.171. The van der Waals surface area contributed by atoms with Gasteiger partial charge in [0, 0.05) is 30.3 Å². The molecule has 2 heterocycles. The van der Waals surface area contributed by atoms with Crippen LogP contribution in [0.2, 0.25) is 10.0 Å². The Balaban J connectivity index is 2.16. The van der Waals surface area contributed by atoms with E-state index in [4.69, 9.17) is 23.2 Å². The lowest BCUT2D eigenvalue weighted by molar-refractivity contribution is 0.510. The number of anilines is 1. The highest BCUT2D eigenvalue weighted by Gasteiger charge is 2.25. The number of fused-ring (bicyclic) bond motifs is 1. The van der Waals surface area contributed by atoms with Crippen LogP contribution in [-0.2, 0) is 5.75 Å². The van der Waals surface area contributed by atoms with Crippen LogP contribution >= 0.6 is 46.9 Å². The quantitative estimate of drug-likeness (QED) is 0.627. The molecule has 0 radical (unpaired) electrons. The fourth-order valence-electron chi connectivity index (χ4n) is 2.62. The van der Waals surface area contributed by atoms with Crippen LogP contribution in [0.5, 0.6) is 0 Å². The van der Waals surface area contributed by atoms with E-state index >= 15 is 0 Å². The minimum absolute atomic E-state index is 0.171. The molecule has 0 fully saturated rings. The summed E-state index contributed by atoms with van der Waals surface area (Å²) in [6, 6.07) is 7.53. The van der Waals surface area contributed by atoms with Crippen molar-refractivity contribution in [3.8, 4) is 0 Å². The molecular formula is C17H16Cl2N2OS2. The molecule has 1 aromatic carbocycles. The number of hydrogen-bond acceptors (Lipinski definition) is 5. The number of benzene rings is 1. The molecule has 3 nitrogen and oxygen atoms in total. The fourth-order valence-corrected chi connectivity index (χ4v) is 5.17. The number of hydrogen-bond donors (Lipinski definition) is 1. The first-order valence-electron chi connectivity index (χ1n) is 7.38. The van der Waals surface area contributed by atoms with Gasteiger partial charge in [-0.2, -0.15) is 0 Å². The molecule has 2 aromatic rings. The van der Waals surface area contributed by atoms with Crippen LogP contribution in [0, 0.1) is 0 Å². The highest BCUT2D eigenvalue weighted by Crippen LogP contribution is 2.47. The van der Waals surface area contributed by atoms with E-state index in [1.807, 2.05) is 41.8 Å². The van der Waals surface area contributed by atoms with Gasteiger partial charge in [-0.1, -0.05) is 47.3 Å². The summed E-state index contributed by atoms with van der Waals surface area (Å²) < 4.78 is 2.03. The van der Waals surface area contributed by atoms with Crippen LogP contribution in [0.1, 0.15) is 23.7 Å². The molecule has 0 aliphatic carbocycles. The number of nitrogens with zero attached hydrogens (tertiary/aromatic N) is 2. The zero-order chi connectivity index (χ0) is 17.3. The highest BCUT2D eigenvalue weighted by molar-refractivity contribution is 8.08. The van der Waals surface area contributed by atoms with Gasteiger partial charge in [-0.15, -0.1) is 11.8 Å². The molecule has 0 bridgehead atoms. The average Bonchev–Trinajstić information content (AvgIpc) is 2.60. The molecule has 1 aliphatic rings. The summed E-state index contributed by atoms with van der Waals surface area (Å²) in [5.41, 5.74) is 3.20. The van der Waals surface area contributed by atoms with Gasteiger partial charge in [0.2, 0.25) is 0 Å². The Hall–Kier alpha value is -1.01. The number of thioether (sulfide) groups is 1. The first kappa shape index (κ1) is 17.8. The van der Waals surface area contributed by atoms with Crippen LogP contribution in [0.4, 0.5) is 5.69 Å². The van der Waals surface area contributed by atoms with Crippen molar-refractivity contribution in [2.45, 2.75) is 12.7 Å². The van der Waals surface area contributed by atoms with Crippen LogP contribution < -0.4 is 4.31 Å². The predicted octanol–water partition coefficient (Wildman–Crippen LogP) is 6.12. The third kappa shape index (κ3) is 3.10. The largest absolute Gasteiger partial charge is 0.505 e. The maximum atomic E-state index is 10.7. The molecule has 3 rings (SSSR count). The van der Waals surface area contributed by atoms with Gasteiger partial charge >= 0.3 is 0 Å². The SMILES string of the molecule is CCN(SC)c1c(Cl)ccc(C2=C(O)c3ncccc3CS2)c1Cl. The molecule has 1 N–H and O–H groups in total. The van der Waals surface area contributed by atoms with Gasteiger partial charge in [-0.3, -0.25) is 4.98 Å². The molecule has 7 heteroatoms. The lowest BCUT2D eigenvalue weighted by Crippen LogP contribution is -2.14. The molecule has 0 unspecified atom stereocenters. The van der Waals surface area contributed by atoms with Gasteiger partial charge in [0.05, 0.1) is 20.6 Å². The van der Waals surface area contributed by atoms with Crippen LogP contribution in [-0.4, -0.2) is 22.9 Å². The Kier molecular flexibility index (Phi) is 5.55. The van der Waals surface area contributed by atoms with Gasteiger partial charge in [-0.05, 0) is 24.6 Å². The van der Waals surface area contributed by atoms with E-state index < -0.39 is 0 Å². The average molecular weight is 399 g/mol. The van der Waals surface area contributed by atoms with Crippen molar-refractivity contribution in [2.24, 2.45) is 0 Å². The maximum Gasteiger partial charge on any atom is 0.155 e. The fraction of sp³-hybridized carbons (Fsp3) is 0.235. The molecule has 126 valence electrons. The summed E-state index contributed by atoms with van der Waals surface area (Å²) in [6.45, 7) is 2.81. The summed E-state index contributed by atoms with van der Waals surface area (Å²) in [7, 11) is 0. The van der Waals surface area contributed by atoms with E-state index in [9.17, 15) is 5.11 Å². The number of rotatable bonds is 4. The van der Waals surface area contributed by atoms with Crippen LogP contribution in [0.15, 0.2) is 30.5 Å². The van der Waals surface area contributed by atoms with Gasteiger partial charge in [0.15, 0.2) is 5.76 Å². The number of aromatic nitrogens is 1. The van der Waals surface area contributed by atoms with Crippen molar-refractivity contribution in [3.63, 3.8) is 0 Å². The number of aliphatic hydroxyl groups excluding tert-OH is 1. The standard InChI is InChI=1S/C17H16Cl2N2OS2/c1-3-21(23-2)15-12(18)7-6-11(13(15)19)17-16(22)14-10(9-24-17)5-4-8-20-14/h4-8,22H,3,9H2,1-2H3.